The molecule has 1 rings (SSSR count). The number of ether oxygens (including phenoxy) is 1. The predicted molar refractivity (Wildman–Crippen MR) is 68.5 cm³/mol. The van der Waals surface area contributed by atoms with Crippen LogP contribution in [-0.4, -0.2) is 19.1 Å². The van der Waals surface area contributed by atoms with E-state index in [-0.39, 0.29) is 12.0 Å². The highest BCUT2D eigenvalue weighted by Crippen LogP contribution is 2.24. The number of nitrogens with two attached hydrogens (primary N) is 1. The van der Waals surface area contributed by atoms with Gasteiger partial charge >= 0.3 is 5.97 Å². The summed E-state index contributed by atoms with van der Waals surface area (Å²) >= 11 is 0. The summed E-state index contributed by atoms with van der Waals surface area (Å²) in [6.07, 6.45) is 1.65. The van der Waals surface area contributed by atoms with E-state index in [1.807, 2.05) is 32.0 Å². The molecule has 94 valence electrons. The number of hydrogen-bond acceptors (Lipinski definition) is 3. The van der Waals surface area contributed by atoms with E-state index in [9.17, 15) is 4.79 Å². The summed E-state index contributed by atoms with van der Waals surface area (Å²) < 4.78 is 4.77. The number of benzene rings is 1. The van der Waals surface area contributed by atoms with E-state index in [1.165, 1.54) is 12.7 Å². The van der Waals surface area contributed by atoms with Gasteiger partial charge in [0.25, 0.3) is 0 Å². The Balaban J connectivity index is 2.55. The topological polar surface area (TPSA) is 52.3 Å². The Labute approximate surface area is 103 Å². The maximum absolute atomic E-state index is 11.6. The maximum Gasteiger partial charge on any atom is 0.312 e. The third kappa shape index (κ3) is 3.56. The Bertz CT molecular complexity index is 360. The summed E-state index contributed by atoms with van der Waals surface area (Å²) in [6, 6.07) is 9.94. The summed E-state index contributed by atoms with van der Waals surface area (Å²) in [5.41, 5.74) is 6.68. The Morgan fingerprint density at radius 1 is 1.35 bits per heavy atom. The average Bonchev–Trinajstić information content (AvgIpc) is 2.35. The molecule has 0 saturated heterocycles. The van der Waals surface area contributed by atoms with Gasteiger partial charge in [0, 0.05) is 6.04 Å². The first kappa shape index (κ1) is 13.7. The van der Waals surface area contributed by atoms with Gasteiger partial charge in [-0.15, -0.1) is 0 Å². The van der Waals surface area contributed by atoms with Gasteiger partial charge < -0.3 is 10.5 Å². The largest absolute Gasteiger partial charge is 0.469 e. The van der Waals surface area contributed by atoms with Gasteiger partial charge in [0.1, 0.15) is 0 Å². The number of carbonyl (C=O) groups is 1. The first-order valence-electron chi connectivity index (χ1n) is 5.86. The number of hydrogen-bond donors (Lipinski definition) is 1. The Hall–Kier alpha value is -1.35. The summed E-state index contributed by atoms with van der Waals surface area (Å²) in [5.74, 6) is -0.252. The Morgan fingerprint density at radius 2 is 1.94 bits per heavy atom. The molecule has 0 fully saturated rings. The molecule has 0 heterocycles. The molecule has 1 aromatic carbocycles. The number of aryl methyl sites for hydroxylation is 1. The van der Waals surface area contributed by atoms with Crippen molar-refractivity contribution in [1.82, 2.24) is 0 Å². The van der Waals surface area contributed by atoms with Crippen LogP contribution >= 0.6 is 0 Å². The third-order valence-electron chi connectivity index (χ3n) is 3.23. The van der Waals surface area contributed by atoms with Crippen molar-refractivity contribution in [2.45, 2.75) is 32.7 Å². The van der Waals surface area contributed by atoms with E-state index in [0.717, 1.165) is 12.8 Å². The van der Waals surface area contributed by atoms with Crippen LogP contribution < -0.4 is 5.73 Å². The van der Waals surface area contributed by atoms with E-state index in [1.54, 1.807) is 0 Å². The number of carbonyl (C=O) groups excluding carboxylic acids is 1. The zero-order valence-electron chi connectivity index (χ0n) is 10.8. The monoisotopic (exact) mass is 235 g/mol. The fourth-order valence-electron chi connectivity index (χ4n) is 1.74. The van der Waals surface area contributed by atoms with Crippen molar-refractivity contribution in [3.63, 3.8) is 0 Å². The van der Waals surface area contributed by atoms with Crippen LogP contribution in [0.1, 0.15) is 25.8 Å². The summed E-state index contributed by atoms with van der Waals surface area (Å²) in [6.45, 7) is 3.66. The van der Waals surface area contributed by atoms with E-state index >= 15 is 0 Å². The lowest BCUT2D eigenvalue weighted by atomic mass is 9.82. The van der Waals surface area contributed by atoms with Gasteiger partial charge in [0.05, 0.1) is 12.5 Å². The van der Waals surface area contributed by atoms with Crippen LogP contribution in [0.15, 0.2) is 30.3 Å². The van der Waals surface area contributed by atoms with E-state index in [0.29, 0.717) is 0 Å². The van der Waals surface area contributed by atoms with Crippen LogP contribution in [0.5, 0.6) is 0 Å². The molecule has 0 spiro atoms. The SMILES string of the molecule is COC(=O)C(C)(C)[C@@H](N)CCc1ccccc1. The van der Waals surface area contributed by atoms with Gasteiger partial charge in [-0.2, -0.15) is 0 Å². The minimum absolute atomic E-state index is 0.199. The summed E-state index contributed by atoms with van der Waals surface area (Å²) in [5, 5.41) is 0. The quantitative estimate of drug-likeness (QED) is 0.796. The minimum Gasteiger partial charge on any atom is -0.469 e. The summed E-state index contributed by atoms with van der Waals surface area (Å²) in [7, 11) is 1.40. The van der Waals surface area contributed by atoms with Gasteiger partial charge in [-0.1, -0.05) is 30.3 Å². The minimum atomic E-state index is -0.635. The molecule has 0 radical (unpaired) electrons. The molecule has 0 aliphatic rings. The Kier molecular flexibility index (Phi) is 4.70. The van der Waals surface area contributed by atoms with Crippen LogP contribution in [0.4, 0.5) is 0 Å². The second kappa shape index (κ2) is 5.82. The van der Waals surface area contributed by atoms with Gasteiger partial charge in [0.2, 0.25) is 0 Å². The van der Waals surface area contributed by atoms with Crippen LogP contribution in [0.3, 0.4) is 0 Å². The van der Waals surface area contributed by atoms with Crippen molar-refractivity contribution in [2.24, 2.45) is 11.1 Å². The second-order valence-corrected chi connectivity index (χ2v) is 4.84. The lowest BCUT2D eigenvalue weighted by molar-refractivity contribution is -0.152. The van der Waals surface area contributed by atoms with Crippen molar-refractivity contribution >= 4 is 5.97 Å². The van der Waals surface area contributed by atoms with Crippen molar-refractivity contribution < 1.29 is 9.53 Å². The standard InChI is InChI=1S/C14H21NO2/c1-14(2,13(16)17-3)12(15)10-9-11-7-5-4-6-8-11/h4-8,12H,9-10,15H2,1-3H3/t12-/m0/s1. The van der Waals surface area contributed by atoms with Crippen molar-refractivity contribution in [3.8, 4) is 0 Å². The van der Waals surface area contributed by atoms with Crippen LogP contribution in [-0.2, 0) is 16.0 Å². The fourth-order valence-corrected chi connectivity index (χ4v) is 1.74. The third-order valence-corrected chi connectivity index (χ3v) is 3.23. The molecule has 0 unspecified atom stereocenters. The van der Waals surface area contributed by atoms with Crippen LogP contribution in [0.2, 0.25) is 0 Å². The molecular weight excluding hydrogens is 214 g/mol. The number of esters is 1. The molecule has 1 atom stereocenters. The first-order chi connectivity index (χ1) is 7.98. The van der Waals surface area contributed by atoms with Gasteiger partial charge in [-0.25, -0.2) is 0 Å². The smallest absolute Gasteiger partial charge is 0.312 e. The van der Waals surface area contributed by atoms with Gasteiger partial charge in [-0.3, -0.25) is 4.79 Å². The molecule has 0 aromatic heterocycles. The first-order valence-corrected chi connectivity index (χ1v) is 5.86. The van der Waals surface area contributed by atoms with E-state index in [4.69, 9.17) is 10.5 Å². The van der Waals surface area contributed by atoms with Crippen molar-refractivity contribution in [2.75, 3.05) is 7.11 Å². The number of methoxy groups -OCH3 is 1. The van der Waals surface area contributed by atoms with Crippen molar-refractivity contribution in [1.29, 1.82) is 0 Å². The maximum atomic E-state index is 11.6. The molecule has 0 amide bonds. The fraction of sp³-hybridized carbons (Fsp3) is 0.500. The average molecular weight is 235 g/mol. The molecule has 3 nitrogen and oxygen atoms in total. The van der Waals surface area contributed by atoms with E-state index < -0.39 is 5.41 Å². The highest BCUT2D eigenvalue weighted by Gasteiger charge is 2.35. The molecule has 1 aromatic rings. The highest BCUT2D eigenvalue weighted by molar-refractivity contribution is 5.76. The van der Waals surface area contributed by atoms with Gasteiger partial charge in [-0.05, 0) is 32.3 Å². The number of rotatable bonds is 5. The lowest BCUT2D eigenvalue weighted by Crippen LogP contribution is -2.44. The van der Waals surface area contributed by atoms with Crippen LogP contribution in [0, 0.1) is 5.41 Å². The highest BCUT2D eigenvalue weighted by atomic mass is 16.5. The molecule has 0 saturated carbocycles. The Morgan fingerprint density at radius 3 is 2.47 bits per heavy atom. The van der Waals surface area contributed by atoms with Crippen molar-refractivity contribution in [3.05, 3.63) is 35.9 Å². The molecule has 2 N–H and O–H groups in total. The van der Waals surface area contributed by atoms with E-state index in [2.05, 4.69) is 12.1 Å². The normalized spacial score (nSPS) is 13.2. The van der Waals surface area contributed by atoms with Gasteiger partial charge in [0.15, 0.2) is 0 Å². The second-order valence-electron chi connectivity index (χ2n) is 4.84. The zero-order chi connectivity index (χ0) is 12.9. The molecule has 0 aliphatic carbocycles. The molecular formula is C14H21NO2. The zero-order valence-corrected chi connectivity index (χ0v) is 10.8. The lowest BCUT2D eigenvalue weighted by Gasteiger charge is -2.28. The predicted octanol–water partition coefficient (Wildman–Crippen LogP) is 2.15. The molecule has 3 heteroatoms. The molecule has 17 heavy (non-hydrogen) atoms. The molecule has 0 bridgehead atoms. The summed E-state index contributed by atoms with van der Waals surface area (Å²) in [4.78, 5) is 11.6. The molecule has 0 aliphatic heterocycles. The van der Waals surface area contributed by atoms with Crippen LogP contribution in [0.25, 0.3) is 0 Å².